The first-order valence-electron chi connectivity index (χ1n) is 1.92. The molecule has 0 unspecified atom stereocenters. The summed E-state index contributed by atoms with van der Waals surface area (Å²) in [5.41, 5.74) is 0. The Morgan fingerprint density at radius 3 is 1.86 bits per heavy atom. The van der Waals surface area contributed by atoms with E-state index in [-0.39, 0.29) is 21.1 Å². The van der Waals surface area contributed by atoms with Crippen LogP contribution < -0.4 is 0 Å². The maximum atomic E-state index is 7.51. The van der Waals surface area contributed by atoms with Gasteiger partial charge in [0.15, 0.2) is 0 Å². The molecule has 0 N–H and O–H groups in total. The van der Waals surface area contributed by atoms with Gasteiger partial charge in [0.05, 0.1) is 6.07 Å². The van der Waals surface area contributed by atoms with E-state index in [1.807, 2.05) is 0 Å². The number of hydrogen-bond donors (Lipinski definition) is 0. The molecule has 0 saturated carbocycles. The fourth-order valence-corrected chi connectivity index (χ4v) is 0. The van der Waals surface area contributed by atoms with Gasteiger partial charge in [-0.05, 0) is 0 Å². The van der Waals surface area contributed by atoms with Crippen molar-refractivity contribution in [2.45, 2.75) is 9.88 Å². The van der Waals surface area contributed by atoms with Crippen LogP contribution in [0.1, 0.15) is 0 Å². The number of allylic oxidation sites excluding steroid dienone is 1. The average Bonchev–Trinajstić information content (AvgIpc) is 1.69. The van der Waals surface area contributed by atoms with Crippen LogP contribution in [-0.4, -0.2) is 21.1 Å². The summed E-state index contributed by atoms with van der Waals surface area (Å²) in [5, 5.41) is 7.51. The van der Waals surface area contributed by atoms with Crippen LogP contribution in [0.4, 0.5) is 0 Å². The van der Waals surface area contributed by atoms with Crippen molar-refractivity contribution in [2.75, 3.05) is 0 Å². The quantitative estimate of drug-likeness (QED) is 0.431. The summed E-state index contributed by atoms with van der Waals surface area (Å²) in [7, 11) is 0. The fourth-order valence-electron chi connectivity index (χ4n) is 0. The van der Waals surface area contributed by atoms with Crippen LogP contribution in [0.2, 0.25) is 9.88 Å². The zero-order valence-corrected chi connectivity index (χ0v) is 7.59. The van der Waals surface area contributed by atoms with Crippen molar-refractivity contribution in [1.82, 2.24) is 0 Å². The molecule has 1 nitrogen and oxygen atoms in total. The van der Waals surface area contributed by atoms with Gasteiger partial charge in [-0.15, -0.1) is 0 Å². The first-order valence-corrected chi connectivity index (χ1v) is 7.63. The summed E-state index contributed by atoms with van der Waals surface area (Å²) in [5.74, 6) is 0. The van der Waals surface area contributed by atoms with Gasteiger partial charge in [0.2, 0.25) is 0 Å². The zero-order chi connectivity index (χ0) is 6.12. The Balaban J connectivity index is 0. The van der Waals surface area contributed by atoms with Gasteiger partial charge in [-0.25, -0.2) is 0 Å². The maximum absolute atomic E-state index is 7.51. The number of nitriles is 1. The van der Waals surface area contributed by atoms with E-state index in [1.54, 1.807) is 6.07 Å². The second-order valence-electron chi connectivity index (χ2n) is 0.833. The van der Waals surface area contributed by atoms with Crippen LogP contribution in [-0.2, 0) is 0 Å². The Hall–Kier alpha value is 0.0287. The normalized spacial score (nSPS) is 4.71. The van der Waals surface area contributed by atoms with Crippen LogP contribution >= 0.6 is 0 Å². The molecule has 0 saturated heterocycles. The third-order valence-electron chi connectivity index (χ3n) is 0.0913. The van der Waals surface area contributed by atoms with E-state index in [9.17, 15) is 0 Å². The summed E-state index contributed by atoms with van der Waals surface area (Å²) in [6.07, 6.45) is 1.18. The van der Waals surface area contributed by atoms with Gasteiger partial charge in [0, 0.05) is 6.08 Å². The number of rotatable bonds is 0. The summed E-state index contributed by atoms with van der Waals surface area (Å²) in [4.78, 5) is 4.59. The monoisotopic (exact) mass is 203 g/mol. The second-order valence-corrected chi connectivity index (χ2v) is 3.69. The Bertz CT molecular complexity index is 63.0. The standard InChI is InChI=1S/C3H3N.2CH3.Sn/c1-2-3-4;;;/h2H,1H2;2*1H3;. The Morgan fingerprint density at radius 1 is 1.71 bits per heavy atom. The molecule has 0 heterocycles. The van der Waals surface area contributed by atoms with Crippen LogP contribution in [0, 0.1) is 11.3 Å². The van der Waals surface area contributed by atoms with Gasteiger partial charge in [-0.3, -0.25) is 0 Å². The Labute approximate surface area is 55.3 Å². The molecule has 0 fully saturated rings. The van der Waals surface area contributed by atoms with Gasteiger partial charge in [-0.1, -0.05) is 6.58 Å². The summed E-state index contributed by atoms with van der Waals surface area (Å²) < 4.78 is 0. The molecule has 2 heteroatoms. The third-order valence-corrected chi connectivity index (χ3v) is 0.0913. The zero-order valence-electron chi connectivity index (χ0n) is 4.73. The Morgan fingerprint density at radius 2 is 1.86 bits per heavy atom. The van der Waals surface area contributed by atoms with Crippen molar-refractivity contribution >= 4 is 21.1 Å². The molecule has 0 aliphatic heterocycles. The molecule has 0 aromatic heterocycles. The molecular weight excluding hydrogens is 193 g/mol. The second kappa shape index (κ2) is 16.6. The molecule has 0 aromatic rings. The Kier molecular flexibility index (Phi) is 24.0. The van der Waals surface area contributed by atoms with Gasteiger partial charge in [0.25, 0.3) is 0 Å². The minimum atomic E-state index is 0.230. The van der Waals surface area contributed by atoms with E-state index in [0.29, 0.717) is 0 Å². The number of nitrogens with zero attached hydrogens (tertiary/aromatic N) is 1. The van der Waals surface area contributed by atoms with Crippen molar-refractivity contribution < 1.29 is 0 Å². The molecule has 0 spiro atoms. The topological polar surface area (TPSA) is 23.8 Å². The van der Waals surface area contributed by atoms with Crippen molar-refractivity contribution in [3.05, 3.63) is 12.7 Å². The van der Waals surface area contributed by atoms with E-state index in [2.05, 4.69) is 16.5 Å². The van der Waals surface area contributed by atoms with E-state index in [0.717, 1.165) is 0 Å². The predicted octanol–water partition coefficient (Wildman–Crippen LogP) is 1.48. The summed E-state index contributed by atoms with van der Waals surface area (Å²) in [6, 6.07) is 1.69. The summed E-state index contributed by atoms with van der Waals surface area (Å²) >= 11 is 0.230. The van der Waals surface area contributed by atoms with Crippen molar-refractivity contribution in [1.29, 1.82) is 5.26 Å². The number of hydrogen-bond acceptors (Lipinski definition) is 1. The first kappa shape index (κ1) is 10.1. The molecule has 0 amide bonds. The van der Waals surface area contributed by atoms with Crippen LogP contribution in [0.25, 0.3) is 0 Å². The summed E-state index contributed by atoms with van der Waals surface area (Å²) in [6.45, 7) is 3.12. The van der Waals surface area contributed by atoms with E-state index in [4.69, 9.17) is 5.26 Å². The molecule has 38 valence electrons. The third kappa shape index (κ3) is 92.5. The van der Waals surface area contributed by atoms with Crippen LogP contribution in [0.3, 0.4) is 0 Å². The van der Waals surface area contributed by atoms with Gasteiger partial charge in [0.1, 0.15) is 0 Å². The molecule has 0 atom stereocenters. The molecule has 0 aromatic carbocycles. The van der Waals surface area contributed by atoms with Crippen molar-refractivity contribution in [3.63, 3.8) is 0 Å². The fraction of sp³-hybridized carbons (Fsp3) is 0.400. The van der Waals surface area contributed by atoms with Crippen molar-refractivity contribution in [2.24, 2.45) is 0 Å². The van der Waals surface area contributed by atoms with Crippen LogP contribution in [0.5, 0.6) is 0 Å². The molecular formula is C5H9NSn. The average molecular weight is 202 g/mol. The van der Waals surface area contributed by atoms with Crippen LogP contribution in [0.15, 0.2) is 12.7 Å². The predicted molar refractivity (Wildman–Crippen MR) is 33.3 cm³/mol. The SMILES string of the molecule is C=CC#N.[CH3][Sn][CH3]. The first-order chi connectivity index (χ1) is 3.33. The minimum absolute atomic E-state index is 0.230. The van der Waals surface area contributed by atoms with Gasteiger partial charge in [-0.2, -0.15) is 5.26 Å². The molecule has 0 aliphatic rings. The molecule has 7 heavy (non-hydrogen) atoms. The van der Waals surface area contributed by atoms with Gasteiger partial charge >= 0.3 is 31.0 Å². The van der Waals surface area contributed by atoms with E-state index >= 15 is 0 Å². The van der Waals surface area contributed by atoms with Crippen molar-refractivity contribution in [3.8, 4) is 6.07 Å². The van der Waals surface area contributed by atoms with E-state index in [1.165, 1.54) is 6.08 Å². The molecule has 0 aliphatic carbocycles. The van der Waals surface area contributed by atoms with Gasteiger partial charge < -0.3 is 0 Å². The molecule has 0 rings (SSSR count). The molecule has 2 radical (unpaired) electrons. The molecule has 0 bridgehead atoms. The van der Waals surface area contributed by atoms with E-state index < -0.39 is 0 Å².